The zero-order valence-electron chi connectivity index (χ0n) is 15.9. The largest absolute Gasteiger partial charge is 0.462 e. The lowest BCUT2D eigenvalue weighted by Gasteiger charge is -2.16. The molecule has 0 spiro atoms. The van der Waals surface area contributed by atoms with Crippen molar-refractivity contribution >= 4 is 23.4 Å². The fourth-order valence-electron chi connectivity index (χ4n) is 3.35. The number of pyridine rings is 1. The van der Waals surface area contributed by atoms with E-state index in [1.165, 1.54) is 6.20 Å². The van der Waals surface area contributed by atoms with Crippen LogP contribution < -0.4 is 10.9 Å². The second kappa shape index (κ2) is 8.67. The van der Waals surface area contributed by atoms with E-state index in [0.717, 1.165) is 48.6 Å². The SMILES string of the molecule is CCOC(=O)c1cnn(C2CCCC2)c1NC(=O)Cn1cc([N+](=O)[O-])ccc1=O. The molecule has 0 atom stereocenters. The summed E-state index contributed by atoms with van der Waals surface area (Å²) in [6.07, 6.45) is 6.15. The molecule has 2 aromatic heterocycles. The van der Waals surface area contributed by atoms with Crippen LogP contribution in [-0.4, -0.2) is 37.8 Å². The van der Waals surface area contributed by atoms with Crippen molar-refractivity contribution in [2.45, 2.75) is 45.2 Å². The maximum absolute atomic E-state index is 12.6. The number of hydrogen-bond donors (Lipinski definition) is 1. The number of nitrogens with one attached hydrogen (secondary N) is 1. The Labute approximate surface area is 165 Å². The van der Waals surface area contributed by atoms with Crippen molar-refractivity contribution in [1.82, 2.24) is 14.3 Å². The van der Waals surface area contributed by atoms with Crippen LogP contribution in [0.4, 0.5) is 11.5 Å². The lowest BCUT2D eigenvalue weighted by molar-refractivity contribution is -0.385. The minimum atomic E-state index is -0.651. The quantitative estimate of drug-likeness (QED) is 0.423. The Hall–Kier alpha value is -3.50. The molecule has 154 valence electrons. The molecular formula is C18H21N5O6. The number of nitrogens with zero attached hydrogens (tertiary/aromatic N) is 4. The van der Waals surface area contributed by atoms with Gasteiger partial charge in [0.1, 0.15) is 17.9 Å². The van der Waals surface area contributed by atoms with E-state index in [0.29, 0.717) is 0 Å². The monoisotopic (exact) mass is 403 g/mol. The summed E-state index contributed by atoms with van der Waals surface area (Å²) in [5, 5.41) is 17.8. The Morgan fingerprint density at radius 1 is 1.34 bits per heavy atom. The number of carbonyl (C=O) groups is 2. The third kappa shape index (κ3) is 4.50. The Bertz CT molecular complexity index is 989. The molecule has 11 nitrogen and oxygen atoms in total. The first-order valence-corrected chi connectivity index (χ1v) is 9.30. The molecule has 11 heteroatoms. The number of amides is 1. The number of ether oxygens (including phenoxy) is 1. The fraction of sp³-hybridized carbons (Fsp3) is 0.444. The molecule has 1 fully saturated rings. The Morgan fingerprint density at radius 3 is 2.72 bits per heavy atom. The van der Waals surface area contributed by atoms with Gasteiger partial charge in [-0.1, -0.05) is 12.8 Å². The molecular weight excluding hydrogens is 382 g/mol. The van der Waals surface area contributed by atoms with Gasteiger partial charge in [-0.05, 0) is 19.8 Å². The van der Waals surface area contributed by atoms with Gasteiger partial charge in [-0.25, -0.2) is 9.48 Å². The van der Waals surface area contributed by atoms with E-state index in [9.17, 15) is 24.5 Å². The zero-order chi connectivity index (χ0) is 21.0. The molecule has 0 bridgehead atoms. The van der Waals surface area contributed by atoms with E-state index in [4.69, 9.17) is 4.74 Å². The highest BCUT2D eigenvalue weighted by Crippen LogP contribution is 2.33. The number of carbonyl (C=O) groups excluding carboxylic acids is 2. The van der Waals surface area contributed by atoms with Gasteiger partial charge in [-0.3, -0.25) is 24.3 Å². The molecule has 1 aliphatic carbocycles. The highest BCUT2D eigenvalue weighted by molar-refractivity contribution is 6.00. The predicted molar refractivity (Wildman–Crippen MR) is 102 cm³/mol. The summed E-state index contributed by atoms with van der Waals surface area (Å²) in [6, 6.07) is 2.15. The van der Waals surface area contributed by atoms with Gasteiger partial charge in [0.2, 0.25) is 5.91 Å². The van der Waals surface area contributed by atoms with Crippen molar-refractivity contribution in [2.24, 2.45) is 0 Å². The average Bonchev–Trinajstić information content (AvgIpc) is 3.33. The molecule has 1 amide bonds. The first-order chi connectivity index (χ1) is 13.9. The van der Waals surface area contributed by atoms with E-state index in [1.54, 1.807) is 11.6 Å². The highest BCUT2D eigenvalue weighted by atomic mass is 16.6. The van der Waals surface area contributed by atoms with E-state index >= 15 is 0 Å². The number of esters is 1. The summed E-state index contributed by atoms with van der Waals surface area (Å²) >= 11 is 0. The predicted octanol–water partition coefficient (Wildman–Crippen LogP) is 1.88. The first-order valence-electron chi connectivity index (χ1n) is 9.30. The number of nitro groups is 1. The lowest BCUT2D eigenvalue weighted by atomic mass is 10.2. The third-order valence-electron chi connectivity index (χ3n) is 4.71. The summed E-state index contributed by atoms with van der Waals surface area (Å²) in [5.74, 6) is -1.02. The van der Waals surface area contributed by atoms with Crippen LogP contribution in [0.1, 0.15) is 49.0 Å². The van der Waals surface area contributed by atoms with E-state index < -0.39 is 28.9 Å². The van der Waals surface area contributed by atoms with Gasteiger partial charge < -0.3 is 10.1 Å². The van der Waals surface area contributed by atoms with Crippen LogP contribution in [0.25, 0.3) is 0 Å². The van der Waals surface area contributed by atoms with Crippen molar-refractivity contribution in [2.75, 3.05) is 11.9 Å². The molecule has 2 aromatic rings. The van der Waals surface area contributed by atoms with Crippen molar-refractivity contribution < 1.29 is 19.2 Å². The topological polar surface area (TPSA) is 138 Å². The molecule has 1 saturated carbocycles. The molecule has 29 heavy (non-hydrogen) atoms. The van der Waals surface area contributed by atoms with Gasteiger partial charge in [-0.15, -0.1) is 0 Å². The standard InChI is InChI=1S/C18H21N5O6/c1-2-29-18(26)14-9-19-22(12-5-3-4-6-12)17(14)20-15(24)11-21-10-13(23(27)28)7-8-16(21)25/h7-10,12H,2-6,11H2,1H3,(H,20,24). The second-order valence-corrected chi connectivity index (χ2v) is 6.67. The maximum Gasteiger partial charge on any atom is 0.343 e. The number of rotatable bonds is 7. The van der Waals surface area contributed by atoms with Gasteiger partial charge in [0.05, 0.1) is 30.0 Å². The van der Waals surface area contributed by atoms with Gasteiger partial charge in [0.15, 0.2) is 0 Å². The van der Waals surface area contributed by atoms with Crippen molar-refractivity contribution in [3.63, 3.8) is 0 Å². The Kier molecular flexibility index (Phi) is 6.05. The van der Waals surface area contributed by atoms with Crippen molar-refractivity contribution in [3.05, 3.63) is 50.6 Å². The smallest absolute Gasteiger partial charge is 0.343 e. The van der Waals surface area contributed by atoms with Gasteiger partial charge in [0, 0.05) is 12.1 Å². The number of anilines is 1. The Balaban J connectivity index is 1.86. The van der Waals surface area contributed by atoms with Crippen LogP contribution in [0.5, 0.6) is 0 Å². The number of aromatic nitrogens is 3. The van der Waals surface area contributed by atoms with E-state index in [2.05, 4.69) is 10.4 Å². The van der Waals surface area contributed by atoms with Gasteiger partial charge in [-0.2, -0.15) is 5.10 Å². The zero-order valence-corrected chi connectivity index (χ0v) is 15.9. The minimum absolute atomic E-state index is 0.0500. The van der Waals surface area contributed by atoms with Gasteiger partial charge >= 0.3 is 5.97 Å². The summed E-state index contributed by atoms with van der Waals surface area (Å²) < 4.78 is 7.57. The third-order valence-corrected chi connectivity index (χ3v) is 4.71. The molecule has 1 N–H and O–H groups in total. The van der Waals surface area contributed by atoms with Crippen LogP contribution in [0.2, 0.25) is 0 Å². The molecule has 0 aromatic carbocycles. The highest BCUT2D eigenvalue weighted by Gasteiger charge is 2.26. The van der Waals surface area contributed by atoms with Crippen molar-refractivity contribution in [1.29, 1.82) is 0 Å². The van der Waals surface area contributed by atoms with Crippen molar-refractivity contribution in [3.8, 4) is 0 Å². The molecule has 0 saturated heterocycles. The minimum Gasteiger partial charge on any atom is -0.462 e. The molecule has 0 unspecified atom stereocenters. The molecule has 2 heterocycles. The average molecular weight is 403 g/mol. The van der Waals surface area contributed by atoms with E-state index in [-0.39, 0.29) is 29.7 Å². The maximum atomic E-state index is 12.6. The van der Waals surface area contributed by atoms with E-state index in [1.807, 2.05) is 0 Å². The fourth-order valence-corrected chi connectivity index (χ4v) is 3.35. The molecule has 0 radical (unpaired) electrons. The van der Waals surface area contributed by atoms with Gasteiger partial charge in [0.25, 0.3) is 11.2 Å². The van der Waals surface area contributed by atoms with Crippen LogP contribution in [0, 0.1) is 10.1 Å². The van der Waals surface area contributed by atoms with Crippen LogP contribution in [0.15, 0.2) is 29.3 Å². The normalized spacial score (nSPS) is 14.0. The molecule has 0 aliphatic heterocycles. The van der Waals surface area contributed by atoms with Crippen LogP contribution in [0.3, 0.4) is 0 Å². The first kappa shape index (κ1) is 20.2. The Morgan fingerprint density at radius 2 is 2.07 bits per heavy atom. The molecule has 1 aliphatic rings. The summed E-state index contributed by atoms with van der Waals surface area (Å²) in [4.78, 5) is 47.0. The molecule has 3 rings (SSSR count). The summed E-state index contributed by atoms with van der Waals surface area (Å²) in [6.45, 7) is 1.40. The van der Waals surface area contributed by atoms with Crippen LogP contribution in [-0.2, 0) is 16.1 Å². The summed E-state index contributed by atoms with van der Waals surface area (Å²) in [5.41, 5.74) is -0.736. The second-order valence-electron chi connectivity index (χ2n) is 6.67. The van der Waals surface area contributed by atoms with Crippen LogP contribution >= 0.6 is 0 Å². The summed E-state index contributed by atoms with van der Waals surface area (Å²) in [7, 11) is 0. The number of hydrogen-bond acceptors (Lipinski definition) is 7. The lowest BCUT2D eigenvalue weighted by Crippen LogP contribution is -2.28.